The van der Waals surface area contributed by atoms with Crippen LogP contribution in [0.25, 0.3) is 0 Å². The number of amides is 1. The molecule has 0 fully saturated rings. The third-order valence-electron chi connectivity index (χ3n) is 1.91. The highest BCUT2D eigenvalue weighted by Gasteiger charge is 2.15. The van der Waals surface area contributed by atoms with Crippen molar-refractivity contribution in [3.63, 3.8) is 0 Å². The maximum absolute atomic E-state index is 11.6. The van der Waals surface area contributed by atoms with E-state index in [9.17, 15) is 4.79 Å². The maximum Gasteiger partial charge on any atom is 0.248 e. The highest BCUT2D eigenvalue weighted by molar-refractivity contribution is 6.17. The molecule has 0 aromatic rings. The SMILES string of the molecule is CCOCC(=O)N(CCCCl)C(C)C. The summed E-state index contributed by atoms with van der Waals surface area (Å²) >= 11 is 5.59. The fourth-order valence-electron chi connectivity index (χ4n) is 1.17. The number of rotatable bonds is 7. The number of alkyl halides is 1. The lowest BCUT2D eigenvalue weighted by molar-refractivity contribution is -0.137. The standard InChI is InChI=1S/C10H20ClNO2/c1-4-14-8-10(13)12(9(2)3)7-5-6-11/h9H,4-8H2,1-3H3. The molecule has 0 bridgehead atoms. The first kappa shape index (κ1) is 13.7. The molecular weight excluding hydrogens is 202 g/mol. The van der Waals surface area contributed by atoms with Gasteiger partial charge in [-0.05, 0) is 27.2 Å². The molecule has 0 aliphatic carbocycles. The van der Waals surface area contributed by atoms with Crippen molar-refractivity contribution in [2.24, 2.45) is 0 Å². The summed E-state index contributed by atoms with van der Waals surface area (Å²) in [5.74, 6) is 0.637. The maximum atomic E-state index is 11.6. The van der Waals surface area contributed by atoms with Gasteiger partial charge in [-0.25, -0.2) is 0 Å². The fourth-order valence-corrected chi connectivity index (χ4v) is 1.29. The Kier molecular flexibility index (Phi) is 7.90. The lowest BCUT2D eigenvalue weighted by Gasteiger charge is -2.26. The van der Waals surface area contributed by atoms with Crippen LogP contribution in [0.2, 0.25) is 0 Å². The number of carbonyl (C=O) groups is 1. The van der Waals surface area contributed by atoms with Crippen molar-refractivity contribution in [2.45, 2.75) is 33.2 Å². The van der Waals surface area contributed by atoms with Crippen molar-refractivity contribution in [1.29, 1.82) is 0 Å². The van der Waals surface area contributed by atoms with E-state index in [2.05, 4.69) is 0 Å². The van der Waals surface area contributed by atoms with Gasteiger partial charge in [-0.2, -0.15) is 0 Å². The largest absolute Gasteiger partial charge is 0.372 e. The van der Waals surface area contributed by atoms with Gasteiger partial charge < -0.3 is 9.64 Å². The summed E-state index contributed by atoms with van der Waals surface area (Å²) in [4.78, 5) is 13.4. The molecule has 3 nitrogen and oxygen atoms in total. The van der Waals surface area contributed by atoms with Crippen molar-refractivity contribution >= 4 is 17.5 Å². The molecule has 0 atom stereocenters. The Hall–Kier alpha value is -0.280. The van der Waals surface area contributed by atoms with Gasteiger partial charge in [0.1, 0.15) is 6.61 Å². The molecule has 0 aromatic carbocycles. The molecule has 0 aliphatic heterocycles. The molecule has 14 heavy (non-hydrogen) atoms. The molecule has 0 aromatic heterocycles. The molecule has 0 radical (unpaired) electrons. The normalized spacial score (nSPS) is 10.6. The zero-order valence-electron chi connectivity index (χ0n) is 9.25. The van der Waals surface area contributed by atoms with E-state index in [0.717, 1.165) is 6.42 Å². The average molecular weight is 222 g/mol. The van der Waals surface area contributed by atoms with E-state index in [1.807, 2.05) is 20.8 Å². The second kappa shape index (κ2) is 8.06. The summed E-state index contributed by atoms with van der Waals surface area (Å²) in [7, 11) is 0. The predicted molar refractivity (Wildman–Crippen MR) is 58.7 cm³/mol. The van der Waals surface area contributed by atoms with Crippen LogP contribution in [0.5, 0.6) is 0 Å². The van der Waals surface area contributed by atoms with Crippen LogP contribution in [-0.4, -0.2) is 42.5 Å². The number of carbonyl (C=O) groups excluding carboxylic acids is 1. The lowest BCUT2D eigenvalue weighted by Crippen LogP contribution is -2.40. The van der Waals surface area contributed by atoms with E-state index < -0.39 is 0 Å². The van der Waals surface area contributed by atoms with E-state index in [1.165, 1.54) is 0 Å². The summed E-state index contributed by atoms with van der Waals surface area (Å²) in [6.45, 7) is 7.35. The average Bonchev–Trinajstić information content (AvgIpc) is 2.14. The quantitative estimate of drug-likeness (QED) is 0.615. The van der Waals surface area contributed by atoms with Gasteiger partial charge >= 0.3 is 0 Å². The summed E-state index contributed by atoms with van der Waals surface area (Å²) in [5, 5.41) is 0. The molecular formula is C10H20ClNO2. The molecule has 0 N–H and O–H groups in total. The van der Waals surface area contributed by atoms with Gasteiger partial charge in [-0.15, -0.1) is 11.6 Å². The third-order valence-corrected chi connectivity index (χ3v) is 2.17. The molecule has 0 heterocycles. The smallest absolute Gasteiger partial charge is 0.248 e. The van der Waals surface area contributed by atoms with Crippen LogP contribution in [0.4, 0.5) is 0 Å². The van der Waals surface area contributed by atoms with Gasteiger partial charge in [0.2, 0.25) is 5.91 Å². The molecule has 0 spiro atoms. The van der Waals surface area contributed by atoms with Gasteiger partial charge in [-0.3, -0.25) is 4.79 Å². The number of nitrogens with zero attached hydrogens (tertiary/aromatic N) is 1. The molecule has 0 aliphatic rings. The minimum absolute atomic E-state index is 0.0481. The Morgan fingerprint density at radius 2 is 2.14 bits per heavy atom. The summed E-state index contributed by atoms with van der Waals surface area (Å²) in [5.41, 5.74) is 0. The number of halogens is 1. The Balaban J connectivity index is 3.98. The van der Waals surface area contributed by atoms with Gasteiger partial charge in [0.25, 0.3) is 0 Å². The second-order valence-corrected chi connectivity index (χ2v) is 3.74. The van der Waals surface area contributed by atoms with Crippen molar-refractivity contribution in [3.8, 4) is 0 Å². The van der Waals surface area contributed by atoms with Crippen molar-refractivity contribution < 1.29 is 9.53 Å². The van der Waals surface area contributed by atoms with Crippen LogP contribution in [0.15, 0.2) is 0 Å². The van der Waals surface area contributed by atoms with Crippen LogP contribution in [0, 0.1) is 0 Å². The molecule has 0 saturated heterocycles. The first-order valence-corrected chi connectivity index (χ1v) is 5.60. The molecule has 0 saturated carbocycles. The van der Waals surface area contributed by atoms with Gasteiger partial charge in [-0.1, -0.05) is 0 Å². The van der Waals surface area contributed by atoms with E-state index in [-0.39, 0.29) is 18.6 Å². The minimum atomic E-state index is 0.0481. The Morgan fingerprint density at radius 3 is 2.57 bits per heavy atom. The Morgan fingerprint density at radius 1 is 1.50 bits per heavy atom. The Bertz CT molecular complexity index is 162. The van der Waals surface area contributed by atoms with Gasteiger partial charge in [0.05, 0.1) is 0 Å². The van der Waals surface area contributed by atoms with E-state index >= 15 is 0 Å². The zero-order chi connectivity index (χ0) is 11.0. The van der Waals surface area contributed by atoms with E-state index in [1.54, 1.807) is 4.90 Å². The number of hydrogen-bond donors (Lipinski definition) is 0. The molecule has 0 unspecified atom stereocenters. The topological polar surface area (TPSA) is 29.5 Å². The third kappa shape index (κ3) is 5.45. The second-order valence-electron chi connectivity index (χ2n) is 3.36. The highest BCUT2D eigenvalue weighted by atomic mass is 35.5. The lowest BCUT2D eigenvalue weighted by atomic mass is 10.3. The van der Waals surface area contributed by atoms with Crippen LogP contribution >= 0.6 is 11.6 Å². The first-order valence-electron chi connectivity index (χ1n) is 5.06. The highest BCUT2D eigenvalue weighted by Crippen LogP contribution is 2.02. The van der Waals surface area contributed by atoms with E-state index in [4.69, 9.17) is 16.3 Å². The molecule has 1 amide bonds. The van der Waals surface area contributed by atoms with Crippen molar-refractivity contribution in [3.05, 3.63) is 0 Å². The Labute approximate surface area is 91.4 Å². The number of ether oxygens (including phenoxy) is 1. The van der Waals surface area contributed by atoms with Crippen LogP contribution in [0.1, 0.15) is 27.2 Å². The predicted octanol–water partition coefficient (Wildman–Crippen LogP) is 1.89. The zero-order valence-corrected chi connectivity index (χ0v) is 10.0. The summed E-state index contributed by atoms with van der Waals surface area (Å²) in [6.07, 6.45) is 0.831. The van der Waals surface area contributed by atoms with Crippen molar-refractivity contribution in [1.82, 2.24) is 4.90 Å². The molecule has 84 valence electrons. The van der Waals surface area contributed by atoms with Gasteiger partial charge in [0.15, 0.2) is 0 Å². The van der Waals surface area contributed by atoms with E-state index in [0.29, 0.717) is 19.0 Å². The fraction of sp³-hybridized carbons (Fsp3) is 0.900. The van der Waals surface area contributed by atoms with Crippen LogP contribution in [0.3, 0.4) is 0 Å². The molecule has 4 heteroatoms. The summed E-state index contributed by atoms with van der Waals surface area (Å²) in [6, 6.07) is 0.214. The van der Waals surface area contributed by atoms with Gasteiger partial charge in [0, 0.05) is 25.1 Å². The summed E-state index contributed by atoms with van der Waals surface area (Å²) < 4.78 is 5.08. The molecule has 0 rings (SSSR count). The van der Waals surface area contributed by atoms with Crippen molar-refractivity contribution in [2.75, 3.05) is 25.6 Å². The monoisotopic (exact) mass is 221 g/mol. The number of hydrogen-bond acceptors (Lipinski definition) is 2. The first-order chi connectivity index (χ1) is 6.63. The van der Waals surface area contributed by atoms with Crippen LogP contribution in [-0.2, 0) is 9.53 Å². The minimum Gasteiger partial charge on any atom is -0.372 e. The van der Waals surface area contributed by atoms with Crippen LogP contribution < -0.4 is 0 Å².